The van der Waals surface area contributed by atoms with Gasteiger partial charge in [0.15, 0.2) is 11.8 Å². The minimum Gasteiger partial charge on any atom is -0.354 e. The van der Waals surface area contributed by atoms with Crippen LogP contribution < -0.4 is 10.6 Å². The smallest absolute Gasteiger partial charge is 0.191 e. The van der Waals surface area contributed by atoms with Crippen LogP contribution in [0.1, 0.15) is 24.2 Å². The Bertz CT molecular complexity index is 662. The Hall–Kier alpha value is -2.44. The largest absolute Gasteiger partial charge is 0.354 e. The molecule has 6 nitrogen and oxygen atoms in total. The molecule has 0 radical (unpaired) electrons. The number of nitrogens with one attached hydrogen (secondary N) is 2. The molecule has 3 rings (SSSR count). The van der Waals surface area contributed by atoms with Crippen LogP contribution in [0.3, 0.4) is 0 Å². The quantitative estimate of drug-likeness (QED) is 0.645. The standard InChI is InChI=1S/C15H19FN6/c1-17-15(20-13-5-6-13)18-8-14-19-10-22(21-14)9-11-3-2-4-12(16)7-11/h2-4,7,10,13H,5-6,8-9H2,1H3,(H2,17,18,20). The molecule has 0 aliphatic heterocycles. The predicted octanol–water partition coefficient (Wildman–Crippen LogP) is 1.29. The van der Waals surface area contributed by atoms with E-state index >= 15 is 0 Å². The van der Waals surface area contributed by atoms with Gasteiger partial charge in [0.2, 0.25) is 0 Å². The highest BCUT2D eigenvalue weighted by atomic mass is 19.1. The minimum absolute atomic E-state index is 0.241. The molecule has 1 fully saturated rings. The van der Waals surface area contributed by atoms with Crippen molar-refractivity contribution >= 4 is 5.96 Å². The molecule has 0 spiro atoms. The maximum Gasteiger partial charge on any atom is 0.191 e. The lowest BCUT2D eigenvalue weighted by Crippen LogP contribution is -2.38. The lowest BCUT2D eigenvalue weighted by atomic mass is 10.2. The van der Waals surface area contributed by atoms with Crippen LogP contribution in [0.25, 0.3) is 0 Å². The number of hydrogen-bond donors (Lipinski definition) is 2. The third-order valence-electron chi connectivity index (χ3n) is 3.37. The van der Waals surface area contributed by atoms with E-state index in [0.717, 1.165) is 11.5 Å². The lowest BCUT2D eigenvalue weighted by Gasteiger charge is -2.09. The van der Waals surface area contributed by atoms with Crippen molar-refractivity contribution in [3.63, 3.8) is 0 Å². The molecule has 1 aliphatic rings. The van der Waals surface area contributed by atoms with Crippen molar-refractivity contribution in [1.82, 2.24) is 25.4 Å². The van der Waals surface area contributed by atoms with Crippen LogP contribution in [-0.2, 0) is 13.1 Å². The Morgan fingerprint density at radius 2 is 2.32 bits per heavy atom. The Morgan fingerprint density at radius 3 is 3.05 bits per heavy atom. The van der Waals surface area contributed by atoms with E-state index in [4.69, 9.17) is 0 Å². The molecule has 1 aliphatic carbocycles. The number of guanidine groups is 1. The zero-order chi connectivity index (χ0) is 15.4. The summed E-state index contributed by atoms with van der Waals surface area (Å²) in [5.41, 5.74) is 0.857. The molecule has 1 heterocycles. The zero-order valence-electron chi connectivity index (χ0n) is 12.5. The van der Waals surface area contributed by atoms with Crippen LogP contribution in [0.2, 0.25) is 0 Å². The first-order chi connectivity index (χ1) is 10.7. The zero-order valence-corrected chi connectivity index (χ0v) is 12.5. The highest BCUT2D eigenvalue weighted by Gasteiger charge is 2.22. The first-order valence-electron chi connectivity index (χ1n) is 7.33. The van der Waals surface area contributed by atoms with Crippen molar-refractivity contribution in [2.24, 2.45) is 4.99 Å². The van der Waals surface area contributed by atoms with Gasteiger partial charge >= 0.3 is 0 Å². The summed E-state index contributed by atoms with van der Waals surface area (Å²) in [6.45, 7) is 1.00. The number of benzene rings is 1. The van der Waals surface area contributed by atoms with Gasteiger partial charge < -0.3 is 10.6 Å². The van der Waals surface area contributed by atoms with Gasteiger partial charge in [-0.05, 0) is 30.5 Å². The van der Waals surface area contributed by atoms with Crippen LogP contribution in [0.15, 0.2) is 35.6 Å². The van der Waals surface area contributed by atoms with Crippen LogP contribution >= 0.6 is 0 Å². The highest BCUT2D eigenvalue weighted by Crippen LogP contribution is 2.18. The Balaban J connectivity index is 1.54. The van der Waals surface area contributed by atoms with Crippen molar-refractivity contribution in [2.75, 3.05) is 7.05 Å². The Labute approximate surface area is 128 Å². The molecule has 1 aromatic heterocycles. The van der Waals surface area contributed by atoms with Gasteiger partial charge in [-0.25, -0.2) is 14.1 Å². The molecule has 2 N–H and O–H groups in total. The number of nitrogens with zero attached hydrogens (tertiary/aromatic N) is 4. The van der Waals surface area contributed by atoms with Crippen molar-refractivity contribution < 1.29 is 4.39 Å². The van der Waals surface area contributed by atoms with E-state index < -0.39 is 0 Å². The van der Waals surface area contributed by atoms with Gasteiger partial charge in [0.1, 0.15) is 12.1 Å². The summed E-state index contributed by atoms with van der Waals surface area (Å²) in [7, 11) is 1.74. The third kappa shape index (κ3) is 4.03. The summed E-state index contributed by atoms with van der Waals surface area (Å²) >= 11 is 0. The number of aliphatic imine (C=N–C) groups is 1. The highest BCUT2D eigenvalue weighted by molar-refractivity contribution is 5.80. The monoisotopic (exact) mass is 302 g/mol. The molecule has 7 heteroatoms. The fourth-order valence-corrected chi connectivity index (χ4v) is 2.09. The molecule has 0 atom stereocenters. The van der Waals surface area contributed by atoms with Crippen LogP contribution in [0.4, 0.5) is 4.39 Å². The molecule has 2 aromatic rings. The van der Waals surface area contributed by atoms with E-state index in [0.29, 0.717) is 25.0 Å². The van der Waals surface area contributed by atoms with Crippen molar-refractivity contribution in [1.29, 1.82) is 0 Å². The van der Waals surface area contributed by atoms with Gasteiger partial charge in [-0.1, -0.05) is 12.1 Å². The van der Waals surface area contributed by atoms with E-state index in [1.807, 2.05) is 6.07 Å². The second kappa shape index (κ2) is 6.55. The lowest BCUT2D eigenvalue weighted by molar-refractivity contribution is 0.617. The SMILES string of the molecule is CN=C(NCc1ncn(Cc2cccc(F)c2)n1)NC1CC1. The van der Waals surface area contributed by atoms with Crippen molar-refractivity contribution in [3.05, 3.63) is 47.8 Å². The van der Waals surface area contributed by atoms with Gasteiger partial charge in [-0.3, -0.25) is 4.99 Å². The van der Waals surface area contributed by atoms with E-state index in [2.05, 4.69) is 25.7 Å². The van der Waals surface area contributed by atoms with Gasteiger partial charge in [0.05, 0.1) is 13.1 Å². The van der Waals surface area contributed by atoms with E-state index in [-0.39, 0.29) is 5.82 Å². The average molecular weight is 302 g/mol. The Morgan fingerprint density at radius 1 is 1.45 bits per heavy atom. The van der Waals surface area contributed by atoms with E-state index in [1.165, 1.54) is 25.0 Å². The topological polar surface area (TPSA) is 67.1 Å². The first-order valence-corrected chi connectivity index (χ1v) is 7.33. The maximum atomic E-state index is 13.2. The van der Waals surface area contributed by atoms with Crippen molar-refractivity contribution in [2.45, 2.75) is 32.0 Å². The van der Waals surface area contributed by atoms with Gasteiger partial charge in [0, 0.05) is 13.1 Å². The number of aromatic nitrogens is 3. The molecular formula is C15H19FN6. The van der Waals surface area contributed by atoms with Gasteiger partial charge in [-0.15, -0.1) is 0 Å². The van der Waals surface area contributed by atoms with Crippen LogP contribution in [0, 0.1) is 5.82 Å². The van der Waals surface area contributed by atoms with E-state index in [9.17, 15) is 4.39 Å². The fraction of sp³-hybridized carbons (Fsp3) is 0.400. The van der Waals surface area contributed by atoms with Crippen molar-refractivity contribution in [3.8, 4) is 0 Å². The molecule has 0 unspecified atom stereocenters. The molecule has 116 valence electrons. The molecule has 0 saturated heterocycles. The number of halogens is 1. The molecule has 0 bridgehead atoms. The van der Waals surface area contributed by atoms with E-state index in [1.54, 1.807) is 24.1 Å². The molecular weight excluding hydrogens is 283 g/mol. The summed E-state index contributed by atoms with van der Waals surface area (Å²) in [4.78, 5) is 8.41. The normalized spacial score (nSPS) is 14.9. The van der Waals surface area contributed by atoms with Gasteiger partial charge in [0.25, 0.3) is 0 Å². The predicted molar refractivity (Wildman–Crippen MR) is 81.9 cm³/mol. The Kier molecular flexibility index (Phi) is 4.32. The molecule has 0 amide bonds. The summed E-state index contributed by atoms with van der Waals surface area (Å²) in [6, 6.07) is 7.03. The van der Waals surface area contributed by atoms with Crippen LogP contribution in [0.5, 0.6) is 0 Å². The minimum atomic E-state index is -0.241. The number of hydrogen-bond acceptors (Lipinski definition) is 3. The maximum absolute atomic E-state index is 13.2. The number of rotatable bonds is 5. The summed E-state index contributed by atoms with van der Waals surface area (Å²) < 4.78 is 14.9. The fourth-order valence-electron chi connectivity index (χ4n) is 2.09. The second-order valence-electron chi connectivity index (χ2n) is 5.33. The first kappa shape index (κ1) is 14.5. The summed E-state index contributed by atoms with van der Waals surface area (Å²) in [5, 5.41) is 10.9. The molecule has 1 saturated carbocycles. The second-order valence-corrected chi connectivity index (χ2v) is 5.33. The molecule has 22 heavy (non-hydrogen) atoms. The third-order valence-corrected chi connectivity index (χ3v) is 3.37. The summed E-state index contributed by atoms with van der Waals surface area (Å²) in [5.74, 6) is 1.20. The van der Waals surface area contributed by atoms with Crippen LogP contribution in [-0.4, -0.2) is 33.8 Å². The summed E-state index contributed by atoms with van der Waals surface area (Å²) in [6.07, 6.45) is 4.04. The van der Waals surface area contributed by atoms with Gasteiger partial charge in [-0.2, -0.15) is 5.10 Å². The molecule has 1 aromatic carbocycles. The average Bonchev–Trinajstić information content (AvgIpc) is 3.22.